The minimum Gasteiger partial charge on any atom is -0.444 e. The third-order valence-electron chi connectivity index (χ3n) is 2.66. The molecule has 1 unspecified atom stereocenters. The van der Waals surface area contributed by atoms with Gasteiger partial charge in [-0.25, -0.2) is 4.79 Å². The van der Waals surface area contributed by atoms with Crippen molar-refractivity contribution in [2.75, 3.05) is 13.2 Å². The number of amides is 1. The Labute approximate surface area is 111 Å². The molecule has 1 atom stereocenters. The first-order valence-electron chi connectivity index (χ1n) is 6.96. The van der Waals surface area contributed by atoms with Crippen LogP contribution in [0.25, 0.3) is 0 Å². The van der Waals surface area contributed by atoms with Crippen molar-refractivity contribution in [3.63, 3.8) is 0 Å². The van der Waals surface area contributed by atoms with Crippen molar-refractivity contribution in [1.29, 1.82) is 0 Å². The molecule has 108 valence electrons. The van der Waals surface area contributed by atoms with Crippen LogP contribution in [0, 0.1) is 5.92 Å². The number of ether oxygens (including phenoxy) is 1. The molecule has 18 heavy (non-hydrogen) atoms. The molecule has 1 amide bonds. The molecule has 0 saturated heterocycles. The predicted octanol–water partition coefficient (Wildman–Crippen LogP) is 3.09. The predicted molar refractivity (Wildman–Crippen MR) is 73.6 cm³/mol. The number of hydrogen-bond donors (Lipinski definition) is 2. The number of rotatable bonds is 8. The Morgan fingerprint density at radius 1 is 1.28 bits per heavy atom. The van der Waals surface area contributed by atoms with Crippen LogP contribution in [0.3, 0.4) is 0 Å². The highest BCUT2D eigenvalue weighted by Crippen LogP contribution is 2.11. The molecule has 0 aromatic rings. The SMILES string of the molecule is CCCCCCC(CO)CNC(=O)OC(C)(C)C. The molecule has 0 aliphatic carbocycles. The molecule has 0 aromatic heterocycles. The van der Waals surface area contributed by atoms with E-state index in [0.29, 0.717) is 6.54 Å². The van der Waals surface area contributed by atoms with Gasteiger partial charge in [-0.3, -0.25) is 0 Å². The van der Waals surface area contributed by atoms with Crippen molar-refractivity contribution in [2.45, 2.75) is 65.4 Å². The lowest BCUT2D eigenvalue weighted by atomic mass is 10.0. The number of carbonyl (C=O) groups is 1. The lowest BCUT2D eigenvalue weighted by Crippen LogP contribution is -2.36. The average Bonchev–Trinajstić information content (AvgIpc) is 2.26. The van der Waals surface area contributed by atoms with E-state index in [2.05, 4.69) is 12.2 Å². The molecule has 0 saturated carbocycles. The van der Waals surface area contributed by atoms with Crippen molar-refractivity contribution >= 4 is 6.09 Å². The van der Waals surface area contributed by atoms with Crippen LogP contribution in [0.15, 0.2) is 0 Å². The smallest absolute Gasteiger partial charge is 0.407 e. The summed E-state index contributed by atoms with van der Waals surface area (Å²) in [6.07, 6.45) is 5.28. The topological polar surface area (TPSA) is 58.6 Å². The summed E-state index contributed by atoms with van der Waals surface area (Å²) in [4.78, 5) is 11.4. The van der Waals surface area contributed by atoms with Crippen LogP contribution in [0.2, 0.25) is 0 Å². The van der Waals surface area contributed by atoms with E-state index in [1.54, 1.807) is 0 Å². The van der Waals surface area contributed by atoms with E-state index in [1.165, 1.54) is 19.3 Å². The van der Waals surface area contributed by atoms with E-state index >= 15 is 0 Å². The van der Waals surface area contributed by atoms with Crippen LogP contribution in [0.4, 0.5) is 4.79 Å². The second-order valence-corrected chi connectivity index (χ2v) is 5.78. The monoisotopic (exact) mass is 259 g/mol. The van der Waals surface area contributed by atoms with Gasteiger partial charge in [0.05, 0.1) is 0 Å². The van der Waals surface area contributed by atoms with Crippen molar-refractivity contribution < 1.29 is 14.6 Å². The number of alkyl carbamates (subject to hydrolysis) is 1. The first kappa shape index (κ1) is 17.2. The quantitative estimate of drug-likeness (QED) is 0.659. The molecule has 2 N–H and O–H groups in total. The van der Waals surface area contributed by atoms with Crippen LogP contribution < -0.4 is 5.32 Å². The molecule has 0 spiro atoms. The largest absolute Gasteiger partial charge is 0.444 e. The minimum atomic E-state index is -0.472. The lowest BCUT2D eigenvalue weighted by Gasteiger charge is -2.21. The normalized spacial score (nSPS) is 13.2. The maximum atomic E-state index is 11.4. The van der Waals surface area contributed by atoms with Crippen molar-refractivity contribution in [3.05, 3.63) is 0 Å². The zero-order valence-corrected chi connectivity index (χ0v) is 12.3. The standard InChI is InChI=1S/C14H29NO3/c1-5-6-7-8-9-12(11-16)10-15-13(17)18-14(2,3)4/h12,16H,5-11H2,1-4H3,(H,15,17). The van der Waals surface area contributed by atoms with Crippen LogP contribution >= 0.6 is 0 Å². The van der Waals surface area contributed by atoms with Gasteiger partial charge in [-0.05, 0) is 33.1 Å². The van der Waals surface area contributed by atoms with Crippen LogP contribution in [0.5, 0.6) is 0 Å². The number of nitrogens with one attached hydrogen (secondary N) is 1. The summed E-state index contributed by atoms with van der Waals surface area (Å²) in [5, 5.41) is 11.9. The average molecular weight is 259 g/mol. The molecule has 0 rings (SSSR count). The van der Waals surface area contributed by atoms with E-state index in [4.69, 9.17) is 4.74 Å². The van der Waals surface area contributed by atoms with Crippen molar-refractivity contribution in [2.24, 2.45) is 5.92 Å². The van der Waals surface area contributed by atoms with Gasteiger partial charge in [-0.15, -0.1) is 0 Å². The van der Waals surface area contributed by atoms with E-state index in [9.17, 15) is 9.90 Å². The molecule has 4 nitrogen and oxygen atoms in total. The zero-order valence-electron chi connectivity index (χ0n) is 12.3. The molecular weight excluding hydrogens is 230 g/mol. The van der Waals surface area contributed by atoms with Crippen LogP contribution in [0.1, 0.15) is 59.8 Å². The molecule has 0 fully saturated rings. The lowest BCUT2D eigenvalue weighted by molar-refractivity contribution is 0.0511. The van der Waals surface area contributed by atoms with Gasteiger partial charge >= 0.3 is 6.09 Å². The molecular formula is C14H29NO3. The summed E-state index contributed by atoms with van der Waals surface area (Å²) in [5.74, 6) is 0.134. The second kappa shape index (κ2) is 9.20. The van der Waals surface area contributed by atoms with Gasteiger partial charge in [0.25, 0.3) is 0 Å². The molecule has 0 bridgehead atoms. The summed E-state index contributed by atoms with van der Waals surface area (Å²) >= 11 is 0. The van der Waals surface area contributed by atoms with Gasteiger partial charge < -0.3 is 15.2 Å². The summed E-state index contributed by atoms with van der Waals surface area (Å²) in [6, 6.07) is 0. The first-order chi connectivity index (χ1) is 8.39. The molecule has 4 heteroatoms. The van der Waals surface area contributed by atoms with Crippen LogP contribution in [-0.4, -0.2) is 30.0 Å². The van der Waals surface area contributed by atoms with Gasteiger partial charge in [-0.2, -0.15) is 0 Å². The first-order valence-corrected chi connectivity index (χ1v) is 6.96. The van der Waals surface area contributed by atoms with Gasteiger partial charge in [0.15, 0.2) is 0 Å². The Balaban J connectivity index is 3.75. The zero-order chi connectivity index (χ0) is 14.0. The van der Waals surface area contributed by atoms with E-state index in [1.807, 2.05) is 20.8 Å². The molecule has 0 radical (unpaired) electrons. The van der Waals surface area contributed by atoms with Gasteiger partial charge in [0.2, 0.25) is 0 Å². The molecule has 0 aliphatic rings. The Bertz CT molecular complexity index is 224. The second-order valence-electron chi connectivity index (χ2n) is 5.78. The number of aliphatic hydroxyl groups excluding tert-OH is 1. The van der Waals surface area contributed by atoms with E-state index < -0.39 is 11.7 Å². The highest BCUT2D eigenvalue weighted by molar-refractivity contribution is 5.67. The third-order valence-corrected chi connectivity index (χ3v) is 2.66. The van der Waals surface area contributed by atoms with E-state index in [-0.39, 0.29) is 12.5 Å². The fourth-order valence-electron chi connectivity index (χ4n) is 1.66. The number of aliphatic hydroxyl groups is 1. The van der Waals surface area contributed by atoms with Gasteiger partial charge in [0, 0.05) is 13.2 Å². The minimum absolute atomic E-state index is 0.113. The van der Waals surface area contributed by atoms with Crippen molar-refractivity contribution in [1.82, 2.24) is 5.32 Å². The highest BCUT2D eigenvalue weighted by atomic mass is 16.6. The number of unbranched alkanes of at least 4 members (excludes halogenated alkanes) is 3. The number of carbonyl (C=O) groups excluding carboxylic acids is 1. The Morgan fingerprint density at radius 3 is 2.44 bits per heavy atom. The third kappa shape index (κ3) is 10.4. The maximum Gasteiger partial charge on any atom is 0.407 e. The molecule has 0 aliphatic heterocycles. The Hall–Kier alpha value is -0.770. The highest BCUT2D eigenvalue weighted by Gasteiger charge is 2.17. The Morgan fingerprint density at radius 2 is 1.94 bits per heavy atom. The maximum absolute atomic E-state index is 11.4. The summed E-state index contributed by atoms with van der Waals surface area (Å²) in [5.41, 5.74) is -0.472. The number of hydrogen-bond acceptors (Lipinski definition) is 3. The molecule has 0 heterocycles. The van der Waals surface area contributed by atoms with Crippen LogP contribution in [-0.2, 0) is 4.74 Å². The summed E-state index contributed by atoms with van der Waals surface area (Å²) in [7, 11) is 0. The summed E-state index contributed by atoms with van der Waals surface area (Å²) < 4.78 is 5.14. The fourth-order valence-corrected chi connectivity index (χ4v) is 1.66. The fraction of sp³-hybridized carbons (Fsp3) is 0.929. The van der Waals surface area contributed by atoms with E-state index in [0.717, 1.165) is 12.8 Å². The van der Waals surface area contributed by atoms with Crippen molar-refractivity contribution in [3.8, 4) is 0 Å². The molecule has 0 aromatic carbocycles. The Kier molecular flexibility index (Phi) is 8.81. The van der Waals surface area contributed by atoms with Gasteiger partial charge in [0.1, 0.15) is 5.60 Å². The van der Waals surface area contributed by atoms with Gasteiger partial charge in [-0.1, -0.05) is 32.6 Å². The summed E-state index contributed by atoms with van der Waals surface area (Å²) in [6.45, 7) is 8.27.